The third kappa shape index (κ3) is 13.0. The molecule has 0 aliphatic heterocycles. The summed E-state index contributed by atoms with van der Waals surface area (Å²) in [5, 5.41) is 3.14. The minimum absolute atomic E-state index is 0. The molecule has 0 heterocycles. The van der Waals surface area contributed by atoms with Crippen LogP contribution in [0, 0.1) is 0 Å². The van der Waals surface area contributed by atoms with Crippen molar-refractivity contribution in [2.45, 2.75) is 51.7 Å². The van der Waals surface area contributed by atoms with Crippen LogP contribution in [0.2, 0.25) is 0 Å². The summed E-state index contributed by atoms with van der Waals surface area (Å²) in [5.74, 6) is -1.34. The molecule has 0 aliphatic rings. The standard InChI is InChI=1S/C27H26N2O14S4.4Na/c30-24(28-18-12-14-20(44(32,33)34)16-6-4-8-22(26(16)18)46(38,39)40)10-2-1-3-11-25(31)29-19-13-15-21(45(35,36)37)17-7-5-9-23(27(17)19)47(41,42)43;;;;/h4-9,12-15H,1-3,10-11H2,(H,28,30)(H,29,31)(H,32,33,34)(H,35,36,37)(H,38,39,40)(H,41,42,43);;;;/q;4*+1/p-4. The van der Waals surface area contributed by atoms with Crippen LogP contribution < -0.4 is 129 Å². The van der Waals surface area contributed by atoms with Gasteiger partial charge in [-0.05, 0) is 49.2 Å². The Hall–Kier alpha value is -0.0200. The van der Waals surface area contributed by atoms with E-state index in [0.29, 0.717) is 0 Å². The van der Waals surface area contributed by atoms with Crippen molar-refractivity contribution in [2.75, 3.05) is 10.6 Å². The number of hydrogen-bond acceptors (Lipinski definition) is 14. The molecule has 0 saturated carbocycles. The van der Waals surface area contributed by atoms with E-state index in [1.807, 2.05) is 0 Å². The van der Waals surface area contributed by atoms with Crippen molar-refractivity contribution < 1.29 is 180 Å². The Morgan fingerprint density at radius 2 is 0.765 bits per heavy atom. The minimum atomic E-state index is -5.16. The second kappa shape index (κ2) is 20.2. The molecule has 0 radical (unpaired) electrons. The molecule has 16 nitrogen and oxygen atoms in total. The number of fused-ring (bicyclic) bond motifs is 2. The van der Waals surface area contributed by atoms with Crippen molar-refractivity contribution in [3.8, 4) is 0 Å². The summed E-state index contributed by atoms with van der Waals surface area (Å²) in [7, 11) is -20.5. The summed E-state index contributed by atoms with van der Waals surface area (Å²) in [6.07, 6.45) is 0.321. The molecule has 2 N–H and O–H groups in total. The van der Waals surface area contributed by atoms with Gasteiger partial charge in [0.1, 0.15) is 40.5 Å². The van der Waals surface area contributed by atoms with Crippen LogP contribution in [-0.2, 0) is 50.1 Å². The van der Waals surface area contributed by atoms with Gasteiger partial charge in [0.2, 0.25) is 11.8 Å². The molecule has 0 atom stereocenters. The molecule has 0 bridgehead atoms. The van der Waals surface area contributed by atoms with E-state index in [9.17, 15) is 61.5 Å². The Kier molecular flexibility index (Phi) is 20.2. The molecule has 0 fully saturated rings. The SMILES string of the molecule is O=C(CCCCCC(=O)Nc1ccc(S(=O)(=O)[O-])c2cccc(S(=O)(=O)[O-])c12)Nc1ccc(S(=O)(=O)[O-])c2cccc(S(=O)(=O)[O-])c12.[Na+].[Na+].[Na+].[Na+]. The average Bonchev–Trinajstić information content (AvgIpc) is 2.94. The summed E-state index contributed by atoms with van der Waals surface area (Å²) in [6, 6.07) is 9.86. The first kappa shape index (κ1) is 51.0. The molecule has 2 amide bonds. The maximum atomic E-state index is 12.6. The van der Waals surface area contributed by atoms with Crippen molar-refractivity contribution in [3.63, 3.8) is 0 Å². The zero-order valence-corrected chi connectivity index (χ0v) is 38.9. The molecule has 0 aliphatic carbocycles. The van der Waals surface area contributed by atoms with Gasteiger partial charge in [-0.3, -0.25) is 9.59 Å². The first-order valence-corrected chi connectivity index (χ1v) is 18.9. The van der Waals surface area contributed by atoms with Gasteiger partial charge in [0.15, 0.2) is 0 Å². The Bertz CT molecular complexity index is 2230. The van der Waals surface area contributed by atoms with E-state index in [1.165, 1.54) is 0 Å². The molecule has 0 unspecified atom stereocenters. The summed E-state index contributed by atoms with van der Waals surface area (Å²) >= 11 is 0. The van der Waals surface area contributed by atoms with E-state index in [1.54, 1.807) is 0 Å². The van der Waals surface area contributed by atoms with E-state index in [0.717, 1.165) is 60.7 Å². The number of unbranched alkanes of at least 4 members (excludes halogenated alkanes) is 2. The fraction of sp³-hybridized carbons (Fsp3) is 0.185. The third-order valence-electron chi connectivity index (χ3n) is 6.86. The molecule has 0 spiro atoms. The number of carbonyl (C=O) groups is 2. The molecular formula is C27H22N2Na4O14S4. The smallest absolute Gasteiger partial charge is 0.744 e. The molecular weight excluding hydrogens is 797 g/mol. The fourth-order valence-electron chi connectivity index (χ4n) is 4.93. The average molecular weight is 819 g/mol. The molecule has 4 aromatic rings. The molecule has 51 heavy (non-hydrogen) atoms. The van der Waals surface area contributed by atoms with Gasteiger partial charge in [-0.2, -0.15) is 0 Å². The van der Waals surface area contributed by atoms with Gasteiger partial charge in [0.05, 0.1) is 19.6 Å². The first-order valence-electron chi connectivity index (χ1n) is 13.2. The van der Waals surface area contributed by atoms with Gasteiger partial charge >= 0.3 is 118 Å². The maximum Gasteiger partial charge on any atom is 1.00 e. The number of hydrogen-bond donors (Lipinski definition) is 2. The van der Waals surface area contributed by atoms with Gasteiger partial charge in [0.25, 0.3) is 0 Å². The van der Waals surface area contributed by atoms with Crippen molar-refractivity contribution >= 4 is 85.2 Å². The van der Waals surface area contributed by atoms with E-state index in [4.69, 9.17) is 0 Å². The van der Waals surface area contributed by atoms with Gasteiger partial charge in [0, 0.05) is 45.8 Å². The molecule has 4 rings (SSSR count). The predicted molar refractivity (Wildman–Crippen MR) is 160 cm³/mol. The van der Waals surface area contributed by atoms with E-state index >= 15 is 0 Å². The summed E-state index contributed by atoms with van der Waals surface area (Å²) in [5.41, 5.74) is -0.455. The van der Waals surface area contributed by atoms with Crippen LogP contribution >= 0.6 is 0 Å². The van der Waals surface area contributed by atoms with Crippen molar-refractivity contribution in [3.05, 3.63) is 60.7 Å². The summed E-state index contributed by atoms with van der Waals surface area (Å²) < 4.78 is 141. The number of amides is 2. The quantitative estimate of drug-likeness (QED) is 0.0763. The second-order valence-corrected chi connectivity index (χ2v) is 15.4. The van der Waals surface area contributed by atoms with Crippen molar-refractivity contribution in [1.29, 1.82) is 0 Å². The Morgan fingerprint density at radius 3 is 1.06 bits per heavy atom. The number of rotatable bonds is 12. The molecule has 4 aromatic carbocycles. The third-order valence-corrected chi connectivity index (χ3v) is 10.4. The number of benzene rings is 4. The number of nitrogens with one attached hydrogen (secondary N) is 2. The monoisotopic (exact) mass is 818 g/mol. The summed E-state index contributed by atoms with van der Waals surface area (Å²) in [4.78, 5) is 22.0. The fourth-order valence-corrected chi connectivity index (χ4v) is 7.71. The summed E-state index contributed by atoms with van der Waals surface area (Å²) in [6.45, 7) is 0. The van der Waals surface area contributed by atoms with Gasteiger partial charge in [-0.25, -0.2) is 33.7 Å². The Morgan fingerprint density at radius 1 is 0.451 bits per heavy atom. The Labute approximate surface area is 382 Å². The second-order valence-electron chi connectivity index (χ2n) is 10.1. The maximum absolute atomic E-state index is 12.6. The number of carbonyl (C=O) groups excluding carboxylic acids is 2. The predicted octanol–water partition coefficient (Wildman–Crippen LogP) is -9.85. The van der Waals surface area contributed by atoms with Crippen LogP contribution in [0.25, 0.3) is 21.5 Å². The molecule has 0 aromatic heterocycles. The van der Waals surface area contributed by atoms with Crippen LogP contribution in [0.5, 0.6) is 0 Å². The van der Waals surface area contributed by atoms with Crippen LogP contribution in [0.4, 0.5) is 11.4 Å². The first-order chi connectivity index (χ1) is 21.7. The van der Waals surface area contributed by atoms with Crippen LogP contribution in [-0.4, -0.2) is 63.7 Å². The number of anilines is 2. The van der Waals surface area contributed by atoms with Crippen molar-refractivity contribution in [1.82, 2.24) is 0 Å². The van der Waals surface area contributed by atoms with Crippen LogP contribution in [0.3, 0.4) is 0 Å². The van der Waals surface area contributed by atoms with E-state index < -0.39 is 82.6 Å². The zero-order valence-electron chi connectivity index (χ0n) is 27.7. The molecule has 252 valence electrons. The van der Waals surface area contributed by atoms with E-state index in [-0.39, 0.29) is 172 Å². The van der Waals surface area contributed by atoms with Gasteiger partial charge < -0.3 is 28.8 Å². The largest absolute Gasteiger partial charge is 1.00 e. The minimum Gasteiger partial charge on any atom is -0.744 e. The Balaban J connectivity index is 0.00000625. The van der Waals surface area contributed by atoms with Crippen LogP contribution in [0.1, 0.15) is 32.1 Å². The molecule has 24 heteroatoms. The topological polar surface area (TPSA) is 287 Å². The normalized spacial score (nSPS) is 11.7. The van der Waals surface area contributed by atoms with Gasteiger partial charge in [-0.1, -0.05) is 30.7 Å². The zero-order chi connectivity index (χ0) is 34.9. The van der Waals surface area contributed by atoms with E-state index in [2.05, 4.69) is 10.6 Å². The van der Waals surface area contributed by atoms with Crippen molar-refractivity contribution in [2.24, 2.45) is 0 Å². The molecule has 0 saturated heterocycles. The van der Waals surface area contributed by atoms with Gasteiger partial charge in [-0.15, -0.1) is 0 Å². The van der Waals surface area contributed by atoms with Crippen LogP contribution in [0.15, 0.2) is 80.2 Å².